The Balaban J connectivity index is 1.59. The van der Waals surface area contributed by atoms with Crippen molar-refractivity contribution in [2.75, 3.05) is 20.1 Å². The Morgan fingerprint density at radius 1 is 1.13 bits per heavy atom. The van der Waals surface area contributed by atoms with Crippen LogP contribution in [0, 0.1) is 11.8 Å². The van der Waals surface area contributed by atoms with Crippen molar-refractivity contribution in [2.45, 2.75) is 51.0 Å². The molecule has 2 rings (SSSR count). The molecule has 0 amide bonds. The maximum absolute atomic E-state index is 9.97. The lowest BCUT2D eigenvalue weighted by Crippen LogP contribution is -2.31. The van der Waals surface area contributed by atoms with E-state index in [-0.39, 0.29) is 6.10 Å². The Kier molecular flexibility index (Phi) is 4.04. The molecule has 2 fully saturated rings. The highest BCUT2D eigenvalue weighted by Gasteiger charge is 2.24. The third-order valence-corrected chi connectivity index (χ3v) is 3.87. The van der Waals surface area contributed by atoms with E-state index < -0.39 is 0 Å². The predicted octanol–water partition coefficient (Wildman–Crippen LogP) is 2.27. The first-order valence-corrected chi connectivity index (χ1v) is 6.60. The van der Waals surface area contributed by atoms with Gasteiger partial charge in [0.15, 0.2) is 0 Å². The van der Waals surface area contributed by atoms with Crippen molar-refractivity contribution in [1.82, 2.24) is 4.90 Å². The van der Waals surface area contributed by atoms with Crippen LogP contribution in [-0.2, 0) is 0 Å². The fourth-order valence-corrected chi connectivity index (χ4v) is 2.88. The van der Waals surface area contributed by atoms with Gasteiger partial charge < -0.3 is 10.0 Å². The molecule has 2 aliphatic carbocycles. The summed E-state index contributed by atoms with van der Waals surface area (Å²) in [7, 11) is 2.15. The van der Waals surface area contributed by atoms with Crippen molar-refractivity contribution in [3.8, 4) is 0 Å². The van der Waals surface area contributed by atoms with E-state index in [2.05, 4.69) is 11.9 Å². The van der Waals surface area contributed by atoms with Crippen molar-refractivity contribution in [3.63, 3.8) is 0 Å². The van der Waals surface area contributed by atoms with Crippen molar-refractivity contribution < 1.29 is 5.11 Å². The van der Waals surface area contributed by atoms with Crippen LogP contribution in [0.5, 0.6) is 0 Å². The summed E-state index contributed by atoms with van der Waals surface area (Å²) in [5, 5.41) is 9.97. The van der Waals surface area contributed by atoms with E-state index in [4.69, 9.17) is 0 Å². The molecular weight excluding hydrogens is 186 g/mol. The van der Waals surface area contributed by atoms with Gasteiger partial charge in [-0.1, -0.05) is 25.7 Å². The highest BCUT2D eigenvalue weighted by atomic mass is 16.3. The molecule has 1 atom stereocenters. The van der Waals surface area contributed by atoms with Gasteiger partial charge in [0.25, 0.3) is 0 Å². The Bertz CT molecular complexity index is 185. The molecule has 0 saturated heterocycles. The monoisotopic (exact) mass is 211 g/mol. The molecule has 0 aromatic heterocycles. The van der Waals surface area contributed by atoms with Crippen LogP contribution in [-0.4, -0.2) is 36.2 Å². The molecule has 88 valence electrons. The number of aliphatic hydroxyl groups excluding tert-OH is 1. The molecule has 0 bridgehead atoms. The standard InChI is InChI=1S/C13H25NO/c1-14(9-12-6-7-12)10-13(15)8-11-4-2-3-5-11/h11-13,15H,2-10H2,1H3. The molecule has 0 radical (unpaired) electrons. The molecule has 0 spiro atoms. The predicted molar refractivity (Wildman–Crippen MR) is 62.8 cm³/mol. The van der Waals surface area contributed by atoms with Crippen molar-refractivity contribution in [3.05, 3.63) is 0 Å². The van der Waals surface area contributed by atoms with Crippen molar-refractivity contribution in [1.29, 1.82) is 0 Å². The number of nitrogens with zero attached hydrogens (tertiary/aromatic N) is 1. The topological polar surface area (TPSA) is 23.5 Å². The average Bonchev–Trinajstić information content (AvgIpc) is 2.80. The second-order valence-corrected chi connectivity index (χ2v) is 5.70. The maximum Gasteiger partial charge on any atom is 0.0669 e. The molecule has 0 heterocycles. The van der Waals surface area contributed by atoms with Crippen LogP contribution in [0.3, 0.4) is 0 Å². The van der Waals surface area contributed by atoms with E-state index in [0.29, 0.717) is 0 Å². The Morgan fingerprint density at radius 2 is 1.80 bits per heavy atom. The molecular formula is C13H25NO. The fourth-order valence-electron chi connectivity index (χ4n) is 2.88. The zero-order valence-electron chi connectivity index (χ0n) is 9.99. The van der Waals surface area contributed by atoms with Gasteiger partial charge in [-0.25, -0.2) is 0 Å². The minimum Gasteiger partial charge on any atom is -0.392 e. The number of likely N-dealkylation sites (N-methyl/N-ethyl adjacent to an activating group) is 1. The molecule has 1 N–H and O–H groups in total. The highest BCUT2D eigenvalue weighted by Crippen LogP contribution is 2.30. The summed E-state index contributed by atoms with van der Waals surface area (Å²) in [6.45, 7) is 2.08. The summed E-state index contributed by atoms with van der Waals surface area (Å²) in [5.41, 5.74) is 0. The summed E-state index contributed by atoms with van der Waals surface area (Å²) in [6.07, 6.45) is 9.23. The van der Waals surface area contributed by atoms with Crippen LogP contribution < -0.4 is 0 Å². The second-order valence-electron chi connectivity index (χ2n) is 5.70. The van der Waals surface area contributed by atoms with Gasteiger partial charge in [-0.15, -0.1) is 0 Å². The second kappa shape index (κ2) is 5.31. The summed E-state index contributed by atoms with van der Waals surface area (Å²) in [6, 6.07) is 0. The van der Waals surface area contributed by atoms with Crippen LogP contribution in [0.25, 0.3) is 0 Å². The van der Waals surface area contributed by atoms with Gasteiger partial charge in [0, 0.05) is 13.1 Å². The molecule has 0 aromatic rings. The number of rotatable bonds is 6. The van der Waals surface area contributed by atoms with E-state index in [0.717, 1.165) is 24.8 Å². The average molecular weight is 211 g/mol. The summed E-state index contributed by atoms with van der Waals surface area (Å²) in [5.74, 6) is 1.75. The van der Waals surface area contributed by atoms with Crippen LogP contribution in [0.4, 0.5) is 0 Å². The zero-order valence-corrected chi connectivity index (χ0v) is 9.99. The van der Waals surface area contributed by atoms with Gasteiger partial charge >= 0.3 is 0 Å². The highest BCUT2D eigenvalue weighted by molar-refractivity contribution is 4.78. The number of hydrogen-bond acceptors (Lipinski definition) is 2. The molecule has 15 heavy (non-hydrogen) atoms. The van der Waals surface area contributed by atoms with Gasteiger partial charge in [-0.3, -0.25) is 0 Å². The zero-order chi connectivity index (χ0) is 10.7. The van der Waals surface area contributed by atoms with Gasteiger partial charge in [0.2, 0.25) is 0 Å². The van der Waals surface area contributed by atoms with E-state index in [9.17, 15) is 5.11 Å². The minimum atomic E-state index is -0.0863. The lowest BCUT2D eigenvalue weighted by molar-refractivity contribution is 0.100. The van der Waals surface area contributed by atoms with Crippen LogP contribution in [0.1, 0.15) is 44.9 Å². The summed E-state index contributed by atoms with van der Waals surface area (Å²) < 4.78 is 0. The fraction of sp³-hybridized carbons (Fsp3) is 1.00. The third kappa shape index (κ3) is 4.12. The van der Waals surface area contributed by atoms with E-state index in [1.54, 1.807) is 0 Å². The molecule has 2 aliphatic rings. The molecule has 2 saturated carbocycles. The Labute approximate surface area is 93.7 Å². The first-order chi connectivity index (χ1) is 7.24. The van der Waals surface area contributed by atoms with Gasteiger partial charge in [-0.05, 0) is 38.1 Å². The van der Waals surface area contributed by atoms with Gasteiger partial charge in [0.1, 0.15) is 0 Å². The lowest BCUT2D eigenvalue weighted by Gasteiger charge is -2.22. The quantitative estimate of drug-likeness (QED) is 0.728. The van der Waals surface area contributed by atoms with Crippen LogP contribution in [0.2, 0.25) is 0 Å². The molecule has 0 aliphatic heterocycles. The maximum atomic E-state index is 9.97. The molecule has 0 aromatic carbocycles. The lowest BCUT2D eigenvalue weighted by atomic mass is 10.00. The largest absolute Gasteiger partial charge is 0.392 e. The van der Waals surface area contributed by atoms with Gasteiger partial charge in [-0.2, -0.15) is 0 Å². The first kappa shape index (κ1) is 11.4. The third-order valence-electron chi connectivity index (χ3n) is 3.87. The van der Waals surface area contributed by atoms with Gasteiger partial charge in [0.05, 0.1) is 6.10 Å². The van der Waals surface area contributed by atoms with Crippen LogP contribution >= 0.6 is 0 Å². The van der Waals surface area contributed by atoms with E-state index in [1.165, 1.54) is 45.1 Å². The first-order valence-electron chi connectivity index (χ1n) is 6.60. The number of hydrogen-bond donors (Lipinski definition) is 1. The molecule has 2 nitrogen and oxygen atoms in total. The minimum absolute atomic E-state index is 0.0863. The van der Waals surface area contributed by atoms with Crippen molar-refractivity contribution >= 4 is 0 Å². The SMILES string of the molecule is CN(CC(O)CC1CCCC1)CC1CC1. The van der Waals surface area contributed by atoms with E-state index in [1.807, 2.05) is 0 Å². The molecule has 2 heteroatoms. The molecule has 1 unspecified atom stereocenters. The van der Waals surface area contributed by atoms with Crippen molar-refractivity contribution in [2.24, 2.45) is 11.8 Å². The Hall–Kier alpha value is -0.0800. The summed E-state index contributed by atoms with van der Waals surface area (Å²) in [4.78, 5) is 2.32. The smallest absolute Gasteiger partial charge is 0.0669 e. The van der Waals surface area contributed by atoms with Crippen LogP contribution in [0.15, 0.2) is 0 Å². The Morgan fingerprint density at radius 3 is 2.40 bits per heavy atom. The summed E-state index contributed by atoms with van der Waals surface area (Å²) >= 11 is 0. The van der Waals surface area contributed by atoms with E-state index >= 15 is 0 Å². The number of aliphatic hydroxyl groups is 1. The normalized spacial score (nSPS) is 25.0.